The fourth-order valence-electron chi connectivity index (χ4n) is 4.24. The molecule has 9 nitrogen and oxygen atoms in total. The van der Waals surface area contributed by atoms with Crippen molar-refractivity contribution in [2.24, 2.45) is 7.05 Å². The molecule has 0 spiro atoms. The van der Waals surface area contributed by atoms with E-state index in [9.17, 15) is 25.9 Å². The van der Waals surface area contributed by atoms with Crippen LogP contribution in [0.25, 0.3) is 17.0 Å². The van der Waals surface area contributed by atoms with Crippen molar-refractivity contribution in [3.05, 3.63) is 73.6 Å². The van der Waals surface area contributed by atoms with Crippen LogP contribution in [0.3, 0.4) is 0 Å². The second-order valence-electron chi connectivity index (χ2n) is 8.27. The fraction of sp³-hybridized carbons (Fsp3) is 0.182. The van der Waals surface area contributed by atoms with E-state index in [1.165, 1.54) is 17.0 Å². The molecule has 15 heteroatoms. The predicted octanol–water partition coefficient (Wildman–Crippen LogP) is 5.84. The number of anilines is 2. The molecule has 198 valence electrons. The highest BCUT2D eigenvalue weighted by Gasteiger charge is 2.32. The normalized spacial score (nSPS) is 15.5. The van der Waals surface area contributed by atoms with Gasteiger partial charge in [0.15, 0.2) is 5.88 Å². The molecule has 0 fully saturated rings. The number of aromatic nitrogens is 1. The molecule has 2 aromatic carbocycles. The van der Waals surface area contributed by atoms with Crippen LogP contribution in [0.5, 0.6) is 0 Å². The van der Waals surface area contributed by atoms with E-state index in [0.29, 0.717) is 39.4 Å². The number of aryl methyl sites for hydroxylation is 1. The van der Waals surface area contributed by atoms with Crippen molar-refractivity contribution in [3.8, 4) is 0 Å². The van der Waals surface area contributed by atoms with Gasteiger partial charge in [0.05, 0.1) is 37.0 Å². The largest absolute Gasteiger partial charge is 0.344 e. The second-order valence-corrected chi connectivity index (χ2v) is 12.8. The summed E-state index contributed by atoms with van der Waals surface area (Å²) in [4.78, 5) is 3.00. The summed E-state index contributed by atoms with van der Waals surface area (Å²) < 4.78 is 67.9. The molecule has 0 atom stereocenters. The number of fused-ring (bicyclic) bond motifs is 2. The molecule has 0 saturated carbocycles. The van der Waals surface area contributed by atoms with Crippen molar-refractivity contribution in [1.29, 1.82) is 0 Å². The van der Waals surface area contributed by atoms with E-state index in [1.54, 1.807) is 53.9 Å². The minimum atomic E-state index is -4.43. The summed E-state index contributed by atoms with van der Waals surface area (Å²) in [6, 6.07) is 6.18. The maximum absolute atomic E-state index is 11.8. The Labute approximate surface area is 233 Å². The van der Waals surface area contributed by atoms with Gasteiger partial charge in [0, 0.05) is 30.7 Å². The van der Waals surface area contributed by atoms with E-state index in [0.717, 1.165) is 0 Å². The first-order valence-corrected chi connectivity index (χ1v) is 15.1. The minimum absolute atomic E-state index is 0.202. The van der Waals surface area contributed by atoms with Gasteiger partial charge in [0.25, 0.3) is 20.2 Å². The third-order valence-electron chi connectivity index (χ3n) is 5.80. The first-order chi connectivity index (χ1) is 17.1. The van der Waals surface area contributed by atoms with Crippen LogP contribution >= 0.6 is 46.4 Å². The smallest absolute Gasteiger partial charge is 0.283 e. The van der Waals surface area contributed by atoms with Crippen molar-refractivity contribution in [1.82, 2.24) is 4.57 Å². The first kappa shape index (κ1) is 28.1. The lowest BCUT2D eigenvalue weighted by Gasteiger charge is -2.21. The van der Waals surface area contributed by atoms with E-state index < -0.39 is 31.9 Å². The summed E-state index contributed by atoms with van der Waals surface area (Å²) in [6.07, 6.45) is 4.74. The lowest BCUT2D eigenvalue weighted by molar-refractivity contribution is 0.480. The Balaban J connectivity index is 1.85. The number of rotatable bonds is 6. The summed E-state index contributed by atoms with van der Waals surface area (Å²) in [5.74, 6) is -1.06. The van der Waals surface area contributed by atoms with Crippen molar-refractivity contribution in [2.75, 3.05) is 22.7 Å². The lowest BCUT2D eigenvalue weighted by Crippen LogP contribution is -2.30. The molecule has 1 aliphatic rings. The van der Waals surface area contributed by atoms with Gasteiger partial charge in [-0.3, -0.25) is 9.11 Å². The topological polar surface area (TPSA) is 120 Å². The molecule has 3 aromatic rings. The van der Waals surface area contributed by atoms with Crippen LogP contribution < -0.4 is 9.80 Å². The van der Waals surface area contributed by atoms with Crippen LogP contribution in [0.1, 0.15) is 11.3 Å². The summed E-state index contributed by atoms with van der Waals surface area (Å²) in [5.41, 5.74) is 2.29. The number of hydrogen-bond acceptors (Lipinski definition) is 6. The lowest BCUT2D eigenvalue weighted by atomic mass is 10.1. The zero-order valence-corrected chi connectivity index (χ0v) is 23.8. The average molecular weight is 627 g/mol. The van der Waals surface area contributed by atoms with Crippen LogP contribution in [0.4, 0.5) is 11.4 Å². The molecule has 2 heterocycles. The molecule has 2 N–H and O–H groups in total. The maximum atomic E-state index is 11.8. The predicted molar refractivity (Wildman–Crippen MR) is 149 cm³/mol. The van der Waals surface area contributed by atoms with Gasteiger partial charge < -0.3 is 14.4 Å². The molecule has 0 bridgehead atoms. The number of allylic oxidation sites excluding steroid dienone is 2. The molecule has 0 unspecified atom stereocenters. The molecule has 1 aliphatic heterocycles. The zero-order valence-electron chi connectivity index (χ0n) is 19.2. The summed E-state index contributed by atoms with van der Waals surface area (Å²) in [6.45, 7) is 0. The number of halogens is 4. The van der Waals surface area contributed by atoms with E-state index >= 15 is 0 Å². The summed E-state index contributed by atoms with van der Waals surface area (Å²) in [5, 5.41) is 1.45. The molecule has 0 radical (unpaired) electrons. The fourth-order valence-corrected chi connectivity index (χ4v) is 6.14. The van der Waals surface area contributed by atoms with Crippen molar-refractivity contribution < 1.29 is 25.9 Å². The molecule has 0 saturated heterocycles. The highest BCUT2D eigenvalue weighted by molar-refractivity contribution is 7.85. The molecule has 0 amide bonds. The van der Waals surface area contributed by atoms with Gasteiger partial charge in [-0.1, -0.05) is 52.5 Å². The van der Waals surface area contributed by atoms with Crippen molar-refractivity contribution >= 4 is 95.0 Å². The number of nitrogens with zero attached hydrogens (tertiary/aromatic N) is 3. The highest BCUT2D eigenvalue weighted by atomic mass is 35.5. The molecular weight excluding hydrogens is 608 g/mol. The molecule has 1 aromatic heterocycles. The van der Waals surface area contributed by atoms with E-state index in [4.69, 9.17) is 46.4 Å². The molecule has 37 heavy (non-hydrogen) atoms. The van der Waals surface area contributed by atoms with Crippen LogP contribution in [0.15, 0.2) is 42.2 Å². The zero-order chi connectivity index (χ0) is 27.4. The van der Waals surface area contributed by atoms with Gasteiger partial charge >= 0.3 is 0 Å². The standard InChI is InChI=1S/C22H19Cl4N3O6S2/c1-27-18(13(10-36(30,31)32)12-6-14(23)15(24)7-19(12)27)4-3-5-22-28(2)20-8-16(25)17(26)9-21(20)29(22)11-37(33,34)35/h3-9H,10-11H2,1-2H3,(H,30,31,32)(H,33,34,35)/b4-3+,22-5+. The van der Waals surface area contributed by atoms with Gasteiger partial charge in [-0.05, 0) is 36.4 Å². The second kappa shape index (κ2) is 9.97. The van der Waals surface area contributed by atoms with Gasteiger partial charge in [-0.25, -0.2) is 0 Å². The van der Waals surface area contributed by atoms with Gasteiger partial charge in [0.2, 0.25) is 0 Å². The third-order valence-corrected chi connectivity index (χ3v) is 8.49. The van der Waals surface area contributed by atoms with Gasteiger partial charge in [-0.2, -0.15) is 16.8 Å². The SMILES string of the molecule is CN1/C(=C\C=C\c2c(CS(=O)(=O)O)c3cc(Cl)c(Cl)cc3n2C)N(CS(=O)(=O)O)c2cc(Cl)c(Cl)cc21. The van der Waals surface area contributed by atoms with Crippen LogP contribution in [0.2, 0.25) is 20.1 Å². The minimum Gasteiger partial charge on any atom is -0.344 e. The maximum Gasteiger partial charge on any atom is 0.283 e. The Morgan fingerprint density at radius 1 is 0.838 bits per heavy atom. The number of benzene rings is 2. The van der Waals surface area contributed by atoms with Crippen LogP contribution in [-0.2, 0) is 33.0 Å². The van der Waals surface area contributed by atoms with Gasteiger partial charge in [0.1, 0.15) is 11.6 Å². The molecule has 0 aliphatic carbocycles. The number of hydrogen-bond donors (Lipinski definition) is 2. The van der Waals surface area contributed by atoms with Crippen LogP contribution in [-0.4, -0.2) is 43.4 Å². The summed E-state index contributed by atoms with van der Waals surface area (Å²) in [7, 11) is -5.46. The van der Waals surface area contributed by atoms with Crippen LogP contribution in [0, 0.1) is 0 Å². The molecular formula is C22H19Cl4N3O6S2. The quantitative estimate of drug-likeness (QED) is 0.328. The van der Waals surface area contributed by atoms with E-state index in [2.05, 4.69) is 0 Å². The van der Waals surface area contributed by atoms with Crippen molar-refractivity contribution in [2.45, 2.75) is 5.75 Å². The Bertz CT molecular complexity index is 1720. The monoisotopic (exact) mass is 625 g/mol. The van der Waals surface area contributed by atoms with Gasteiger partial charge in [-0.15, -0.1) is 0 Å². The Morgan fingerprint density at radius 2 is 1.41 bits per heavy atom. The molecule has 4 rings (SSSR count). The highest BCUT2D eigenvalue weighted by Crippen LogP contribution is 2.45. The van der Waals surface area contributed by atoms with E-state index in [-0.39, 0.29) is 20.1 Å². The Morgan fingerprint density at radius 3 is 2.00 bits per heavy atom. The average Bonchev–Trinajstić information content (AvgIpc) is 3.13. The van der Waals surface area contributed by atoms with Crippen molar-refractivity contribution in [3.63, 3.8) is 0 Å². The third kappa shape index (κ3) is 5.74. The summed E-state index contributed by atoms with van der Waals surface area (Å²) >= 11 is 24.6. The first-order valence-electron chi connectivity index (χ1n) is 10.3. The Hall–Kier alpha value is -1.96. The van der Waals surface area contributed by atoms with E-state index in [1.807, 2.05) is 0 Å². The Kier molecular flexibility index (Phi) is 7.56.